The summed E-state index contributed by atoms with van der Waals surface area (Å²) in [5, 5.41) is 0. The van der Waals surface area contributed by atoms with Gasteiger partial charge in [0, 0.05) is 51.0 Å². The van der Waals surface area contributed by atoms with Crippen LogP contribution in [0, 0.1) is 0 Å². The molecule has 0 radical (unpaired) electrons. The third-order valence-corrected chi connectivity index (χ3v) is 6.76. The first kappa shape index (κ1) is 18.3. The molecule has 0 atom stereocenters. The van der Waals surface area contributed by atoms with Crippen molar-refractivity contribution in [2.24, 2.45) is 4.40 Å². The predicted molar refractivity (Wildman–Crippen MR) is 109 cm³/mol. The lowest BCUT2D eigenvalue weighted by Crippen LogP contribution is -2.49. The van der Waals surface area contributed by atoms with Gasteiger partial charge in [-0.05, 0) is 18.2 Å². The van der Waals surface area contributed by atoms with Crippen LogP contribution in [0.1, 0.15) is 5.56 Å². The largest absolute Gasteiger partial charge is 0.378 e. The van der Waals surface area contributed by atoms with Crippen LogP contribution >= 0.6 is 0 Å². The topological polar surface area (TPSA) is 91.2 Å². The average molecular weight is 414 g/mol. The van der Waals surface area contributed by atoms with E-state index < -0.39 is 10.0 Å². The van der Waals surface area contributed by atoms with Gasteiger partial charge in [0.1, 0.15) is 10.7 Å². The molecule has 0 spiro atoms. The molecule has 3 aliphatic rings. The van der Waals surface area contributed by atoms with Crippen LogP contribution in [0.15, 0.2) is 45.8 Å². The summed E-state index contributed by atoms with van der Waals surface area (Å²) >= 11 is 0. The molecule has 9 nitrogen and oxygen atoms in total. The Morgan fingerprint density at radius 2 is 1.59 bits per heavy atom. The number of aromatic nitrogens is 2. The van der Waals surface area contributed by atoms with E-state index in [2.05, 4.69) is 19.2 Å². The van der Waals surface area contributed by atoms with Crippen LogP contribution in [0.2, 0.25) is 0 Å². The van der Waals surface area contributed by atoms with Gasteiger partial charge in [0.15, 0.2) is 5.84 Å². The Hall–Kier alpha value is -2.72. The standard InChI is InChI=1S/C19H22N6O3S/c26-29(27)16-4-2-1-3-15(16)18(22-29)24-7-9-25(10-8-24)19-20-6-5-17(21-19)23-11-13-28-14-12-23/h1-6H,7-14H2. The summed E-state index contributed by atoms with van der Waals surface area (Å²) in [5.74, 6) is 2.17. The molecule has 0 unspecified atom stereocenters. The van der Waals surface area contributed by atoms with E-state index in [0.29, 0.717) is 61.6 Å². The van der Waals surface area contributed by atoms with Gasteiger partial charge >= 0.3 is 0 Å². The predicted octanol–water partition coefficient (Wildman–Crippen LogP) is 0.584. The van der Waals surface area contributed by atoms with Crippen molar-refractivity contribution in [1.29, 1.82) is 0 Å². The third kappa shape index (κ3) is 3.42. The molecule has 5 rings (SSSR count). The van der Waals surface area contributed by atoms with Crippen LogP contribution < -0.4 is 9.80 Å². The number of rotatable bonds is 2. The van der Waals surface area contributed by atoms with Gasteiger partial charge in [0.05, 0.1) is 13.2 Å². The molecular weight excluding hydrogens is 392 g/mol. The van der Waals surface area contributed by atoms with Crippen molar-refractivity contribution in [3.05, 3.63) is 42.1 Å². The molecule has 10 heteroatoms. The Bertz CT molecular complexity index is 1040. The van der Waals surface area contributed by atoms with Crippen molar-refractivity contribution in [2.75, 3.05) is 62.3 Å². The van der Waals surface area contributed by atoms with Crippen LogP contribution in [-0.2, 0) is 14.8 Å². The molecule has 1 aromatic heterocycles. The average Bonchev–Trinajstić information content (AvgIpc) is 3.06. The normalized spacial score (nSPS) is 21.1. The van der Waals surface area contributed by atoms with Gasteiger partial charge in [-0.2, -0.15) is 13.4 Å². The van der Waals surface area contributed by atoms with E-state index in [1.54, 1.807) is 18.3 Å². The van der Waals surface area contributed by atoms with E-state index >= 15 is 0 Å². The van der Waals surface area contributed by atoms with Crippen LogP contribution in [0.25, 0.3) is 0 Å². The van der Waals surface area contributed by atoms with Gasteiger partial charge in [-0.1, -0.05) is 12.1 Å². The maximum atomic E-state index is 12.3. The molecule has 3 aliphatic heterocycles. The van der Waals surface area contributed by atoms with Gasteiger partial charge in [-0.3, -0.25) is 0 Å². The van der Waals surface area contributed by atoms with Gasteiger partial charge in [0.25, 0.3) is 10.0 Å². The molecule has 2 fully saturated rings. The van der Waals surface area contributed by atoms with Gasteiger partial charge in [-0.25, -0.2) is 4.98 Å². The second-order valence-electron chi connectivity index (χ2n) is 7.17. The van der Waals surface area contributed by atoms with Gasteiger partial charge in [-0.15, -0.1) is 4.40 Å². The van der Waals surface area contributed by atoms with Crippen molar-refractivity contribution < 1.29 is 13.2 Å². The Morgan fingerprint density at radius 1 is 0.862 bits per heavy atom. The Morgan fingerprint density at radius 3 is 2.38 bits per heavy atom. The zero-order valence-corrected chi connectivity index (χ0v) is 16.8. The molecule has 152 valence electrons. The van der Waals surface area contributed by atoms with Crippen molar-refractivity contribution in [3.8, 4) is 0 Å². The second kappa shape index (κ2) is 7.27. The van der Waals surface area contributed by atoms with E-state index in [0.717, 1.165) is 18.9 Å². The monoisotopic (exact) mass is 414 g/mol. The highest BCUT2D eigenvalue weighted by Crippen LogP contribution is 2.28. The van der Waals surface area contributed by atoms with Crippen molar-refractivity contribution in [3.63, 3.8) is 0 Å². The van der Waals surface area contributed by atoms with Crippen LogP contribution in [-0.4, -0.2) is 81.6 Å². The number of amidine groups is 1. The van der Waals surface area contributed by atoms with E-state index in [1.165, 1.54) is 0 Å². The lowest BCUT2D eigenvalue weighted by atomic mass is 10.1. The number of anilines is 2. The minimum atomic E-state index is -3.60. The number of ether oxygens (including phenoxy) is 1. The number of piperazine rings is 1. The smallest absolute Gasteiger partial charge is 0.285 e. The summed E-state index contributed by atoms with van der Waals surface area (Å²) in [6.45, 7) is 5.81. The molecule has 2 aromatic rings. The fourth-order valence-electron chi connectivity index (χ4n) is 3.89. The Kier molecular flexibility index (Phi) is 4.59. The zero-order valence-electron chi connectivity index (χ0n) is 15.9. The number of hydrogen-bond donors (Lipinski definition) is 0. The highest BCUT2D eigenvalue weighted by Gasteiger charge is 2.33. The highest BCUT2D eigenvalue weighted by atomic mass is 32.2. The number of hydrogen-bond acceptors (Lipinski definition) is 8. The second-order valence-corrected chi connectivity index (χ2v) is 8.75. The van der Waals surface area contributed by atoms with Gasteiger partial charge in [0.2, 0.25) is 5.95 Å². The minimum absolute atomic E-state index is 0.291. The summed E-state index contributed by atoms with van der Waals surface area (Å²) in [7, 11) is -3.60. The van der Waals surface area contributed by atoms with Gasteiger partial charge < -0.3 is 19.4 Å². The zero-order chi connectivity index (χ0) is 19.8. The molecule has 2 saturated heterocycles. The number of benzene rings is 1. The first-order valence-corrected chi connectivity index (χ1v) is 11.2. The molecule has 0 N–H and O–H groups in total. The summed E-state index contributed by atoms with van der Waals surface area (Å²) in [5.41, 5.74) is 0.687. The fraction of sp³-hybridized carbons (Fsp3) is 0.421. The molecule has 0 saturated carbocycles. The van der Waals surface area contributed by atoms with E-state index in [4.69, 9.17) is 9.72 Å². The third-order valence-electron chi connectivity index (χ3n) is 5.44. The van der Waals surface area contributed by atoms with Crippen molar-refractivity contribution in [2.45, 2.75) is 4.90 Å². The molecule has 0 bridgehead atoms. The van der Waals surface area contributed by atoms with Crippen molar-refractivity contribution in [1.82, 2.24) is 14.9 Å². The van der Waals surface area contributed by atoms with Crippen LogP contribution in [0.5, 0.6) is 0 Å². The SMILES string of the molecule is O=S1(=O)N=C(N2CCN(c3nccc(N4CCOCC4)n3)CC2)c2ccccc21. The van der Waals surface area contributed by atoms with E-state index in [-0.39, 0.29) is 0 Å². The summed E-state index contributed by atoms with van der Waals surface area (Å²) in [6, 6.07) is 8.94. The maximum absolute atomic E-state index is 12.3. The minimum Gasteiger partial charge on any atom is -0.378 e. The fourth-order valence-corrected chi connectivity index (χ4v) is 5.12. The number of morpholine rings is 1. The number of fused-ring (bicyclic) bond motifs is 1. The van der Waals surface area contributed by atoms with E-state index in [1.807, 2.05) is 23.1 Å². The molecule has 29 heavy (non-hydrogen) atoms. The van der Waals surface area contributed by atoms with Crippen LogP contribution in [0.3, 0.4) is 0 Å². The molecular formula is C19H22N6O3S. The summed E-state index contributed by atoms with van der Waals surface area (Å²) in [4.78, 5) is 15.9. The lowest BCUT2D eigenvalue weighted by Gasteiger charge is -2.36. The number of nitrogens with zero attached hydrogens (tertiary/aromatic N) is 6. The first-order chi connectivity index (χ1) is 14.1. The van der Waals surface area contributed by atoms with Crippen LogP contribution in [0.4, 0.5) is 11.8 Å². The summed E-state index contributed by atoms with van der Waals surface area (Å²) < 4.78 is 34.1. The molecule has 1 aromatic carbocycles. The highest BCUT2D eigenvalue weighted by molar-refractivity contribution is 7.90. The molecule has 4 heterocycles. The van der Waals surface area contributed by atoms with Crippen molar-refractivity contribution >= 4 is 27.6 Å². The quantitative estimate of drug-likeness (QED) is 0.705. The first-order valence-electron chi connectivity index (χ1n) is 9.72. The number of sulfonamides is 1. The molecule has 0 amide bonds. The molecule has 0 aliphatic carbocycles. The Labute approximate surface area is 169 Å². The summed E-state index contributed by atoms with van der Waals surface area (Å²) in [6.07, 6.45) is 1.80. The maximum Gasteiger partial charge on any atom is 0.285 e. The lowest BCUT2D eigenvalue weighted by molar-refractivity contribution is 0.122. The van der Waals surface area contributed by atoms with E-state index in [9.17, 15) is 8.42 Å². The Balaban J connectivity index is 1.30.